The van der Waals surface area contributed by atoms with Gasteiger partial charge in [-0.15, -0.1) is 0 Å². The summed E-state index contributed by atoms with van der Waals surface area (Å²) in [5.74, 6) is 1.33. The van der Waals surface area contributed by atoms with Crippen molar-refractivity contribution in [2.45, 2.75) is 45.1 Å². The molecule has 2 atom stereocenters. The molecule has 0 spiro atoms. The number of morpholine rings is 1. The van der Waals surface area contributed by atoms with Crippen LogP contribution in [0.4, 0.5) is 0 Å². The van der Waals surface area contributed by atoms with Gasteiger partial charge >= 0.3 is 0 Å². The molecule has 2 aliphatic heterocycles. The molecule has 1 N–H and O–H groups in total. The molecule has 1 aromatic carbocycles. The fourth-order valence-electron chi connectivity index (χ4n) is 4.61. The molecule has 1 aromatic rings. The van der Waals surface area contributed by atoms with E-state index >= 15 is 0 Å². The van der Waals surface area contributed by atoms with E-state index in [1.54, 1.807) is 0 Å². The third-order valence-electron chi connectivity index (χ3n) is 6.24. The lowest BCUT2D eigenvalue weighted by Crippen LogP contribution is -2.41. The minimum Gasteiger partial charge on any atom is -0.379 e. The highest BCUT2D eigenvalue weighted by Gasteiger charge is 2.33. The minimum atomic E-state index is -0.00852. The van der Waals surface area contributed by atoms with Crippen molar-refractivity contribution in [1.29, 1.82) is 0 Å². The van der Waals surface area contributed by atoms with Crippen LogP contribution in [0.5, 0.6) is 0 Å². The van der Waals surface area contributed by atoms with Crippen LogP contribution in [0.3, 0.4) is 0 Å². The Morgan fingerprint density at radius 1 is 1.18 bits per heavy atom. The van der Waals surface area contributed by atoms with Gasteiger partial charge in [0.1, 0.15) is 0 Å². The van der Waals surface area contributed by atoms with Crippen LogP contribution in [0.1, 0.15) is 38.7 Å². The van der Waals surface area contributed by atoms with Gasteiger partial charge < -0.3 is 14.8 Å². The lowest BCUT2D eigenvalue weighted by Gasteiger charge is -2.39. The van der Waals surface area contributed by atoms with Gasteiger partial charge in [0.2, 0.25) is 0 Å². The Hall–Kier alpha value is -0.650. The van der Waals surface area contributed by atoms with Gasteiger partial charge in [-0.3, -0.25) is 4.90 Å². The fourth-order valence-corrected chi connectivity index (χ4v) is 4.82. The molecule has 0 bridgehead atoms. The summed E-state index contributed by atoms with van der Waals surface area (Å²) in [4.78, 5) is 2.48. The quantitative estimate of drug-likeness (QED) is 0.626. The van der Waals surface area contributed by atoms with Gasteiger partial charge in [0, 0.05) is 37.8 Å². The number of halogens is 1. The molecule has 158 valence electrons. The van der Waals surface area contributed by atoms with Crippen molar-refractivity contribution in [3.8, 4) is 0 Å². The van der Waals surface area contributed by atoms with Crippen LogP contribution in [0, 0.1) is 11.8 Å². The zero-order chi connectivity index (χ0) is 19.8. The van der Waals surface area contributed by atoms with E-state index < -0.39 is 0 Å². The van der Waals surface area contributed by atoms with Crippen molar-refractivity contribution in [3.63, 3.8) is 0 Å². The maximum atomic E-state index is 6.48. The largest absolute Gasteiger partial charge is 0.379 e. The number of nitrogens with zero attached hydrogens (tertiary/aromatic N) is 1. The molecular formula is C23H37ClN2O2. The Morgan fingerprint density at radius 3 is 2.71 bits per heavy atom. The van der Waals surface area contributed by atoms with Crippen molar-refractivity contribution in [3.05, 3.63) is 34.9 Å². The van der Waals surface area contributed by atoms with E-state index in [-0.39, 0.29) is 5.60 Å². The second kappa shape index (κ2) is 10.9. The zero-order valence-corrected chi connectivity index (χ0v) is 18.3. The molecule has 2 saturated heterocycles. The van der Waals surface area contributed by atoms with E-state index in [0.29, 0.717) is 11.8 Å². The lowest BCUT2D eigenvalue weighted by atomic mass is 9.75. The summed E-state index contributed by atoms with van der Waals surface area (Å²) in [5.41, 5.74) is 1.28. The average molecular weight is 409 g/mol. The van der Waals surface area contributed by atoms with Crippen molar-refractivity contribution in [2.75, 3.05) is 52.5 Å². The number of nitrogens with one attached hydrogen (secondary N) is 1. The van der Waals surface area contributed by atoms with Crippen LogP contribution in [0.2, 0.25) is 5.02 Å². The lowest BCUT2D eigenvalue weighted by molar-refractivity contribution is -0.0830. The molecule has 0 amide bonds. The number of benzene rings is 1. The summed E-state index contributed by atoms with van der Waals surface area (Å²) in [7, 11) is 0. The fraction of sp³-hybridized carbons (Fsp3) is 0.739. The van der Waals surface area contributed by atoms with E-state index in [0.717, 1.165) is 76.8 Å². The smallest absolute Gasteiger partial charge is 0.0629 e. The standard InChI is InChI=1S/C23H37ClN2O2/c1-23(2)18-21(8-14-28-23)19(17-20-5-3-4-6-22(20)24)7-9-25-10-11-26-12-15-27-16-13-26/h3-6,19,21,25H,7-18H2,1-2H3. The number of hydrogen-bond donors (Lipinski definition) is 1. The van der Waals surface area contributed by atoms with E-state index in [2.05, 4.69) is 36.2 Å². The van der Waals surface area contributed by atoms with Gasteiger partial charge in [0.25, 0.3) is 0 Å². The van der Waals surface area contributed by atoms with Crippen LogP contribution in [0.15, 0.2) is 24.3 Å². The molecule has 2 aliphatic rings. The minimum absolute atomic E-state index is 0.00852. The Labute approximate surface area is 175 Å². The first kappa shape index (κ1) is 22.0. The maximum absolute atomic E-state index is 6.48. The maximum Gasteiger partial charge on any atom is 0.0629 e. The number of hydrogen-bond acceptors (Lipinski definition) is 4. The van der Waals surface area contributed by atoms with Crippen molar-refractivity contribution >= 4 is 11.6 Å². The molecule has 0 aromatic heterocycles. The van der Waals surface area contributed by atoms with Crippen LogP contribution in [0.25, 0.3) is 0 Å². The van der Waals surface area contributed by atoms with Gasteiger partial charge in [-0.25, -0.2) is 0 Å². The molecule has 28 heavy (non-hydrogen) atoms. The van der Waals surface area contributed by atoms with Crippen LogP contribution in [-0.4, -0.2) is 63.0 Å². The molecule has 2 unspecified atom stereocenters. The van der Waals surface area contributed by atoms with Gasteiger partial charge in [0.05, 0.1) is 18.8 Å². The third-order valence-corrected chi connectivity index (χ3v) is 6.61. The van der Waals surface area contributed by atoms with Gasteiger partial charge in [-0.1, -0.05) is 29.8 Å². The first-order valence-electron chi connectivity index (χ1n) is 10.9. The molecule has 0 saturated carbocycles. The first-order chi connectivity index (χ1) is 13.5. The Morgan fingerprint density at radius 2 is 1.96 bits per heavy atom. The van der Waals surface area contributed by atoms with E-state index in [1.165, 1.54) is 12.0 Å². The van der Waals surface area contributed by atoms with Gasteiger partial charge in [-0.2, -0.15) is 0 Å². The van der Waals surface area contributed by atoms with E-state index in [1.807, 2.05) is 12.1 Å². The zero-order valence-electron chi connectivity index (χ0n) is 17.6. The number of ether oxygens (including phenoxy) is 2. The molecule has 4 nitrogen and oxygen atoms in total. The second-order valence-electron chi connectivity index (χ2n) is 8.91. The Balaban J connectivity index is 1.51. The summed E-state index contributed by atoms with van der Waals surface area (Å²) in [6.45, 7) is 12.4. The normalized spacial score (nSPS) is 24.2. The highest BCUT2D eigenvalue weighted by atomic mass is 35.5. The van der Waals surface area contributed by atoms with Gasteiger partial charge in [-0.05, 0) is 69.5 Å². The topological polar surface area (TPSA) is 33.7 Å². The van der Waals surface area contributed by atoms with E-state index in [9.17, 15) is 0 Å². The van der Waals surface area contributed by atoms with Crippen molar-refractivity contribution in [1.82, 2.24) is 10.2 Å². The first-order valence-corrected chi connectivity index (χ1v) is 11.3. The molecule has 0 radical (unpaired) electrons. The monoisotopic (exact) mass is 408 g/mol. The predicted octanol–water partition coefficient (Wildman–Crippen LogP) is 4.02. The Kier molecular flexibility index (Phi) is 8.61. The highest BCUT2D eigenvalue weighted by Crippen LogP contribution is 2.37. The molecular weight excluding hydrogens is 372 g/mol. The molecule has 5 heteroatoms. The van der Waals surface area contributed by atoms with Gasteiger partial charge in [0.15, 0.2) is 0 Å². The summed E-state index contributed by atoms with van der Waals surface area (Å²) in [6, 6.07) is 8.33. The summed E-state index contributed by atoms with van der Waals surface area (Å²) >= 11 is 6.48. The summed E-state index contributed by atoms with van der Waals surface area (Å²) in [5, 5.41) is 4.58. The molecule has 2 heterocycles. The van der Waals surface area contributed by atoms with Crippen molar-refractivity contribution < 1.29 is 9.47 Å². The highest BCUT2D eigenvalue weighted by molar-refractivity contribution is 6.31. The number of rotatable bonds is 9. The van der Waals surface area contributed by atoms with Crippen LogP contribution >= 0.6 is 11.6 Å². The summed E-state index contributed by atoms with van der Waals surface area (Å²) in [6.07, 6.45) is 4.54. The van der Waals surface area contributed by atoms with Crippen molar-refractivity contribution in [2.24, 2.45) is 11.8 Å². The molecule has 0 aliphatic carbocycles. The average Bonchev–Trinajstić information content (AvgIpc) is 2.68. The SMILES string of the molecule is CC1(C)CC(C(CCNCCN2CCOCC2)Cc2ccccc2Cl)CCO1. The Bertz CT molecular complexity index is 590. The van der Waals surface area contributed by atoms with E-state index in [4.69, 9.17) is 21.1 Å². The third kappa shape index (κ3) is 7.00. The summed E-state index contributed by atoms with van der Waals surface area (Å²) < 4.78 is 11.4. The van der Waals surface area contributed by atoms with Crippen LogP contribution in [-0.2, 0) is 15.9 Å². The predicted molar refractivity (Wildman–Crippen MR) is 116 cm³/mol. The van der Waals surface area contributed by atoms with Crippen LogP contribution < -0.4 is 5.32 Å². The molecule has 2 fully saturated rings. The second-order valence-corrected chi connectivity index (χ2v) is 9.32. The molecule has 3 rings (SSSR count).